The van der Waals surface area contributed by atoms with Gasteiger partial charge in [-0.05, 0) is 75.0 Å². The highest BCUT2D eigenvalue weighted by Crippen LogP contribution is 2.34. The zero-order valence-electron chi connectivity index (χ0n) is 15.2. The molecule has 0 aromatic carbocycles. The van der Waals surface area contributed by atoms with Gasteiger partial charge in [0.15, 0.2) is 0 Å². The summed E-state index contributed by atoms with van der Waals surface area (Å²) in [6, 6.07) is 1.70. The highest BCUT2D eigenvalue weighted by molar-refractivity contribution is 7.07. The van der Waals surface area contributed by atoms with Crippen LogP contribution in [0.25, 0.3) is 0 Å². The first-order chi connectivity index (χ1) is 11.9. The van der Waals surface area contributed by atoms with Gasteiger partial charge >= 0.3 is 6.03 Å². The number of imide groups is 1. The van der Waals surface area contributed by atoms with Gasteiger partial charge in [-0.2, -0.15) is 11.3 Å². The molecule has 0 radical (unpaired) electrons. The van der Waals surface area contributed by atoms with Gasteiger partial charge in [0.25, 0.3) is 5.91 Å². The van der Waals surface area contributed by atoms with Crippen LogP contribution in [0.4, 0.5) is 4.79 Å². The van der Waals surface area contributed by atoms with Gasteiger partial charge in [0.1, 0.15) is 5.54 Å². The maximum Gasteiger partial charge on any atom is 0.325 e. The molecule has 136 valence electrons. The number of carbonyl (C=O) groups is 2. The first-order valence-corrected chi connectivity index (χ1v) is 9.87. The molecule has 0 bridgehead atoms. The summed E-state index contributed by atoms with van der Waals surface area (Å²) in [5, 5.41) is 6.94. The number of thiophene rings is 1. The maximum absolute atomic E-state index is 13.0. The zero-order chi connectivity index (χ0) is 18.0. The number of hydrogen-bond donors (Lipinski definition) is 1. The Morgan fingerprint density at radius 2 is 2.12 bits per heavy atom. The van der Waals surface area contributed by atoms with E-state index in [1.165, 1.54) is 10.5 Å². The van der Waals surface area contributed by atoms with Crippen molar-refractivity contribution in [3.8, 4) is 0 Å². The number of rotatable bonds is 5. The molecule has 5 nitrogen and oxygen atoms in total. The Bertz CT molecular complexity index is 662. The number of hydrogen-bond acceptors (Lipinski definition) is 4. The standard InChI is InChI=1S/C19H27N3O2S/c1-4-14(2)11-21-8-5-16(6-9-21)19(3)17(23)22(18(24)20-19)12-15-7-10-25-13-15/h4,7,10,13,16H,5-6,8-9,11-12H2,1-3H3,(H,20,24)/b14-4+/t19-/m1/s1. The Hall–Kier alpha value is -1.66. The number of urea groups is 1. The third-order valence-electron chi connectivity index (χ3n) is 5.59. The first kappa shape index (κ1) is 18.1. The second-order valence-electron chi connectivity index (χ2n) is 7.34. The van der Waals surface area contributed by atoms with Crippen molar-refractivity contribution in [1.29, 1.82) is 0 Å². The SMILES string of the molecule is C/C=C(\C)CN1CCC([C@@]2(C)NC(=O)N(Cc3ccsc3)C2=O)CC1. The lowest BCUT2D eigenvalue weighted by molar-refractivity contribution is -0.133. The quantitative estimate of drug-likeness (QED) is 0.647. The number of nitrogens with one attached hydrogen (secondary N) is 1. The summed E-state index contributed by atoms with van der Waals surface area (Å²) in [7, 11) is 0. The summed E-state index contributed by atoms with van der Waals surface area (Å²) in [5.74, 6) is 0.116. The molecule has 0 saturated carbocycles. The van der Waals surface area contributed by atoms with E-state index in [1.807, 2.05) is 23.8 Å². The Morgan fingerprint density at radius 1 is 1.40 bits per heavy atom. The van der Waals surface area contributed by atoms with Crippen molar-refractivity contribution in [2.75, 3.05) is 19.6 Å². The predicted molar refractivity (Wildman–Crippen MR) is 100 cm³/mol. The van der Waals surface area contributed by atoms with Gasteiger partial charge in [0.05, 0.1) is 6.54 Å². The van der Waals surface area contributed by atoms with Crippen LogP contribution in [0.5, 0.6) is 0 Å². The number of likely N-dealkylation sites (tertiary alicyclic amines) is 1. The van der Waals surface area contributed by atoms with Crippen LogP contribution in [-0.2, 0) is 11.3 Å². The van der Waals surface area contributed by atoms with Gasteiger partial charge in [-0.1, -0.05) is 11.6 Å². The fourth-order valence-corrected chi connectivity index (χ4v) is 4.47. The molecule has 2 aliphatic rings. The van der Waals surface area contributed by atoms with Crippen LogP contribution in [0.3, 0.4) is 0 Å². The second-order valence-corrected chi connectivity index (χ2v) is 8.12. The molecule has 0 unspecified atom stereocenters. The highest BCUT2D eigenvalue weighted by Gasteiger charge is 2.52. The smallest absolute Gasteiger partial charge is 0.323 e. The molecule has 3 rings (SSSR count). The van der Waals surface area contributed by atoms with Crippen LogP contribution < -0.4 is 5.32 Å². The number of amides is 3. The van der Waals surface area contributed by atoms with Crippen molar-refractivity contribution in [2.45, 2.75) is 45.7 Å². The number of nitrogens with zero attached hydrogens (tertiary/aromatic N) is 2. The Morgan fingerprint density at radius 3 is 2.72 bits per heavy atom. The van der Waals surface area contributed by atoms with Crippen molar-refractivity contribution in [2.24, 2.45) is 5.92 Å². The van der Waals surface area contributed by atoms with Crippen LogP contribution in [0.15, 0.2) is 28.5 Å². The molecule has 2 fully saturated rings. The Balaban J connectivity index is 1.64. The monoisotopic (exact) mass is 361 g/mol. The van der Waals surface area contributed by atoms with E-state index < -0.39 is 5.54 Å². The summed E-state index contributed by atoms with van der Waals surface area (Å²) in [6.07, 6.45) is 4.02. The fourth-order valence-electron chi connectivity index (χ4n) is 3.81. The first-order valence-electron chi connectivity index (χ1n) is 8.93. The molecular weight excluding hydrogens is 334 g/mol. The molecule has 0 spiro atoms. The van der Waals surface area contributed by atoms with E-state index in [1.54, 1.807) is 11.3 Å². The van der Waals surface area contributed by atoms with E-state index in [0.717, 1.165) is 38.0 Å². The minimum atomic E-state index is -0.769. The van der Waals surface area contributed by atoms with Crippen molar-refractivity contribution in [3.05, 3.63) is 34.0 Å². The molecule has 1 aromatic rings. The van der Waals surface area contributed by atoms with Crippen LogP contribution in [0.1, 0.15) is 39.2 Å². The largest absolute Gasteiger partial charge is 0.325 e. The molecule has 2 aliphatic heterocycles. The molecule has 1 N–H and O–H groups in total. The number of piperidine rings is 1. The molecule has 2 saturated heterocycles. The van der Waals surface area contributed by atoms with Gasteiger partial charge < -0.3 is 5.32 Å². The van der Waals surface area contributed by atoms with Crippen molar-refractivity contribution < 1.29 is 9.59 Å². The van der Waals surface area contributed by atoms with Gasteiger partial charge in [-0.15, -0.1) is 0 Å². The molecular formula is C19H27N3O2S. The predicted octanol–water partition coefficient (Wildman–Crippen LogP) is 3.24. The van der Waals surface area contributed by atoms with Gasteiger partial charge in [0, 0.05) is 6.54 Å². The average molecular weight is 362 g/mol. The number of carbonyl (C=O) groups excluding carboxylic acids is 2. The normalized spacial score (nSPS) is 26.4. The summed E-state index contributed by atoms with van der Waals surface area (Å²) >= 11 is 1.58. The van der Waals surface area contributed by atoms with E-state index in [9.17, 15) is 9.59 Å². The number of allylic oxidation sites excluding steroid dienone is 1. The lowest BCUT2D eigenvalue weighted by Crippen LogP contribution is -2.54. The topological polar surface area (TPSA) is 52.7 Å². The lowest BCUT2D eigenvalue weighted by Gasteiger charge is -2.39. The maximum atomic E-state index is 13.0. The Labute approximate surface area is 153 Å². The van der Waals surface area contributed by atoms with Crippen molar-refractivity contribution in [1.82, 2.24) is 15.1 Å². The lowest BCUT2D eigenvalue weighted by atomic mass is 9.79. The fraction of sp³-hybridized carbons (Fsp3) is 0.579. The van der Waals surface area contributed by atoms with Crippen molar-refractivity contribution in [3.63, 3.8) is 0 Å². The second kappa shape index (κ2) is 7.30. The third kappa shape index (κ3) is 3.65. The van der Waals surface area contributed by atoms with E-state index in [-0.39, 0.29) is 17.9 Å². The van der Waals surface area contributed by atoms with Crippen LogP contribution in [0.2, 0.25) is 0 Å². The summed E-state index contributed by atoms with van der Waals surface area (Å²) < 4.78 is 0. The third-order valence-corrected chi connectivity index (χ3v) is 6.32. The van der Waals surface area contributed by atoms with Gasteiger partial charge in [0.2, 0.25) is 0 Å². The molecule has 1 atom stereocenters. The molecule has 1 aromatic heterocycles. The van der Waals surface area contributed by atoms with Gasteiger partial charge in [-0.25, -0.2) is 4.79 Å². The minimum absolute atomic E-state index is 0.0771. The van der Waals surface area contributed by atoms with Crippen LogP contribution >= 0.6 is 11.3 Å². The van der Waals surface area contributed by atoms with E-state index >= 15 is 0 Å². The zero-order valence-corrected chi connectivity index (χ0v) is 16.1. The van der Waals surface area contributed by atoms with E-state index in [2.05, 4.69) is 30.1 Å². The van der Waals surface area contributed by atoms with Crippen LogP contribution in [-0.4, -0.2) is 46.9 Å². The Kier molecular flexibility index (Phi) is 5.29. The highest BCUT2D eigenvalue weighted by atomic mass is 32.1. The summed E-state index contributed by atoms with van der Waals surface area (Å²) in [6.45, 7) is 9.42. The van der Waals surface area contributed by atoms with Crippen molar-refractivity contribution >= 4 is 23.3 Å². The molecule has 0 aliphatic carbocycles. The van der Waals surface area contributed by atoms with Crippen LogP contribution in [0, 0.1) is 5.92 Å². The summed E-state index contributed by atoms with van der Waals surface area (Å²) in [4.78, 5) is 29.2. The average Bonchev–Trinajstić information content (AvgIpc) is 3.19. The summed E-state index contributed by atoms with van der Waals surface area (Å²) in [5.41, 5.74) is 1.61. The van der Waals surface area contributed by atoms with E-state index in [0.29, 0.717) is 6.54 Å². The van der Waals surface area contributed by atoms with E-state index in [4.69, 9.17) is 0 Å². The molecule has 25 heavy (non-hydrogen) atoms. The molecule has 3 heterocycles. The van der Waals surface area contributed by atoms with Gasteiger partial charge in [-0.3, -0.25) is 14.6 Å². The molecule has 3 amide bonds. The molecule has 6 heteroatoms. The minimum Gasteiger partial charge on any atom is -0.323 e.